The van der Waals surface area contributed by atoms with Crippen molar-refractivity contribution in [3.8, 4) is 11.4 Å². The molecule has 0 aliphatic carbocycles. The summed E-state index contributed by atoms with van der Waals surface area (Å²) in [6.45, 7) is 1.68. The number of pyridine rings is 2. The third-order valence-corrected chi connectivity index (χ3v) is 4.61. The summed E-state index contributed by atoms with van der Waals surface area (Å²) in [4.78, 5) is 8.01. The predicted octanol–water partition coefficient (Wildman–Crippen LogP) is 6.49. The van der Waals surface area contributed by atoms with Gasteiger partial charge in [-0.1, -0.05) is 12.1 Å². The van der Waals surface area contributed by atoms with E-state index in [9.17, 15) is 26.3 Å². The number of rotatable bonds is 3. The van der Waals surface area contributed by atoms with Crippen LogP contribution in [0.25, 0.3) is 17.0 Å². The molecule has 0 atom stereocenters. The lowest BCUT2D eigenvalue weighted by Crippen LogP contribution is -2.09. The molecular formula is C21H14F6N4. The number of benzene rings is 1. The van der Waals surface area contributed by atoms with Crippen LogP contribution in [0.3, 0.4) is 0 Å². The van der Waals surface area contributed by atoms with E-state index >= 15 is 0 Å². The Hall–Kier alpha value is -3.56. The van der Waals surface area contributed by atoms with Crippen LogP contribution >= 0.6 is 0 Å². The van der Waals surface area contributed by atoms with Crippen LogP contribution in [-0.4, -0.2) is 14.4 Å². The quantitative estimate of drug-likeness (QED) is 0.374. The van der Waals surface area contributed by atoms with Gasteiger partial charge in [0.05, 0.1) is 11.3 Å². The first-order valence-corrected chi connectivity index (χ1v) is 9.00. The highest BCUT2D eigenvalue weighted by Crippen LogP contribution is 2.37. The summed E-state index contributed by atoms with van der Waals surface area (Å²) < 4.78 is 80.4. The van der Waals surface area contributed by atoms with Crippen LogP contribution in [0.5, 0.6) is 0 Å². The van der Waals surface area contributed by atoms with E-state index in [2.05, 4.69) is 15.3 Å². The molecule has 0 radical (unpaired) electrons. The number of hydrogen-bond acceptors (Lipinski definition) is 3. The maximum absolute atomic E-state index is 13.6. The second kappa shape index (κ2) is 7.29. The minimum atomic E-state index is -4.70. The summed E-state index contributed by atoms with van der Waals surface area (Å²) in [5.41, 5.74) is -1.05. The largest absolute Gasteiger partial charge is 0.435 e. The summed E-state index contributed by atoms with van der Waals surface area (Å²) in [7, 11) is 0. The molecule has 0 amide bonds. The van der Waals surface area contributed by atoms with Gasteiger partial charge in [0, 0.05) is 11.9 Å². The second-order valence-corrected chi connectivity index (χ2v) is 6.80. The van der Waals surface area contributed by atoms with Gasteiger partial charge in [-0.2, -0.15) is 26.3 Å². The Kier molecular flexibility index (Phi) is 4.87. The molecular weight excluding hydrogens is 422 g/mol. The Morgan fingerprint density at radius 1 is 0.806 bits per heavy atom. The van der Waals surface area contributed by atoms with Gasteiger partial charge in [-0.05, 0) is 55.0 Å². The number of imidazole rings is 1. The number of nitrogens with zero attached hydrogens (tertiary/aromatic N) is 3. The summed E-state index contributed by atoms with van der Waals surface area (Å²) >= 11 is 0. The minimum Gasteiger partial charge on any atom is -0.340 e. The molecule has 0 saturated carbocycles. The molecule has 1 aromatic carbocycles. The number of halogens is 6. The van der Waals surface area contributed by atoms with Crippen molar-refractivity contribution in [2.45, 2.75) is 19.3 Å². The van der Waals surface area contributed by atoms with Crippen LogP contribution in [0.4, 0.5) is 37.8 Å². The Bertz CT molecular complexity index is 1240. The lowest BCUT2D eigenvalue weighted by Gasteiger charge is -2.13. The molecule has 0 aliphatic rings. The molecule has 4 aromatic rings. The van der Waals surface area contributed by atoms with Crippen molar-refractivity contribution in [1.29, 1.82) is 0 Å². The summed E-state index contributed by atoms with van der Waals surface area (Å²) in [5, 5.41) is 2.87. The Morgan fingerprint density at radius 3 is 2.16 bits per heavy atom. The average molecular weight is 436 g/mol. The zero-order chi connectivity index (χ0) is 22.4. The fourth-order valence-electron chi connectivity index (χ4n) is 3.10. The van der Waals surface area contributed by atoms with Crippen LogP contribution in [0.2, 0.25) is 0 Å². The summed E-state index contributed by atoms with van der Waals surface area (Å²) in [6.07, 6.45) is -7.71. The number of aryl methyl sites for hydroxylation is 1. The van der Waals surface area contributed by atoms with E-state index in [1.54, 1.807) is 25.1 Å². The SMILES string of the molecule is Cc1ccc(-c2c(C(F)(F)F)nc3ccccn23)nc1Nc1ccc(C(F)(F)F)cc1. The highest BCUT2D eigenvalue weighted by molar-refractivity contribution is 5.69. The number of alkyl halides is 6. The van der Waals surface area contributed by atoms with E-state index in [0.29, 0.717) is 11.3 Å². The van der Waals surface area contributed by atoms with Crippen molar-refractivity contribution in [3.05, 3.63) is 77.6 Å². The molecule has 0 fully saturated rings. The predicted molar refractivity (Wildman–Crippen MR) is 103 cm³/mol. The van der Waals surface area contributed by atoms with Crippen molar-refractivity contribution in [1.82, 2.24) is 14.4 Å². The molecule has 1 N–H and O–H groups in total. The lowest BCUT2D eigenvalue weighted by atomic mass is 10.1. The molecule has 0 unspecified atom stereocenters. The first kappa shape index (κ1) is 20.7. The third kappa shape index (κ3) is 4.05. The Balaban J connectivity index is 1.77. The van der Waals surface area contributed by atoms with E-state index in [1.165, 1.54) is 34.9 Å². The first-order valence-electron chi connectivity index (χ1n) is 9.00. The molecule has 0 bridgehead atoms. The van der Waals surface area contributed by atoms with Crippen LogP contribution in [0.1, 0.15) is 16.8 Å². The maximum atomic E-state index is 13.6. The van der Waals surface area contributed by atoms with E-state index < -0.39 is 23.6 Å². The van der Waals surface area contributed by atoms with E-state index in [0.717, 1.165) is 12.1 Å². The maximum Gasteiger partial charge on any atom is 0.435 e. The molecule has 0 spiro atoms. The van der Waals surface area contributed by atoms with Crippen LogP contribution in [0, 0.1) is 6.92 Å². The van der Waals surface area contributed by atoms with Crippen molar-refractivity contribution >= 4 is 17.2 Å². The Morgan fingerprint density at radius 2 is 1.52 bits per heavy atom. The highest BCUT2D eigenvalue weighted by Gasteiger charge is 2.38. The van der Waals surface area contributed by atoms with Gasteiger partial charge in [0.1, 0.15) is 17.2 Å². The molecule has 31 heavy (non-hydrogen) atoms. The topological polar surface area (TPSA) is 42.2 Å². The average Bonchev–Trinajstić information content (AvgIpc) is 3.10. The molecule has 10 heteroatoms. The van der Waals surface area contributed by atoms with Crippen molar-refractivity contribution < 1.29 is 26.3 Å². The standard InChI is InChI=1S/C21H14F6N4/c1-12-5-10-15(17-18(21(25,26)27)30-16-4-2-3-11-31(16)17)29-19(12)28-14-8-6-13(7-9-14)20(22,23)24/h2-11H,1H3,(H,28,29). The van der Waals surface area contributed by atoms with E-state index in [4.69, 9.17) is 0 Å². The van der Waals surface area contributed by atoms with Gasteiger partial charge in [-0.3, -0.25) is 4.40 Å². The number of anilines is 2. The number of nitrogens with one attached hydrogen (secondary N) is 1. The number of aromatic nitrogens is 3. The fourth-order valence-corrected chi connectivity index (χ4v) is 3.10. The molecule has 0 saturated heterocycles. The lowest BCUT2D eigenvalue weighted by molar-refractivity contribution is -0.140. The van der Waals surface area contributed by atoms with Gasteiger partial charge < -0.3 is 5.32 Å². The van der Waals surface area contributed by atoms with Gasteiger partial charge >= 0.3 is 12.4 Å². The fraction of sp³-hybridized carbons (Fsp3) is 0.143. The minimum absolute atomic E-state index is 0.0195. The van der Waals surface area contributed by atoms with Gasteiger partial charge in [-0.15, -0.1) is 0 Å². The van der Waals surface area contributed by atoms with Crippen molar-refractivity contribution in [2.75, 3.05) is 5.32 Å². The normalized spacial score (nSPS) is 12.4. The number of hydrogen-bond donors (Lipinski definition) is 1. The summed E-state index contributed by atoms with van der Waals surface area (Å²) in [6, 6.07) is 11.9. The second-order valence-electron chi connectivity index (χ2n) is 6.80. The molecule has 4 nitrogen and oxygen atoms in total. The molecule has 3 aromatic heterocycles. The zero-order valence-corrected chi connectivity index (χ0v) is 15.9. The smallest absolute Gasteiger partial charge is 0.340 e. The first-order chi connectivity index (χ1) is 14.5. The van der Waals surface area contributed by atoms with Crippen molar-refractivity contribution in [2.24, 2.45) is 0 Å². The van der Waals surface area contributed by atoms with Gasteiger partial charge in [-0.25, -0.2) is 9.97 Å². The molecule has 160 valence electrons. The van der Waals surface area contributed by atoms with Gasteiger partial charge in [0.2, 0.25) is 0 Å². The Labute approximate surface area is 172 Å². The van der Waals surface area contributed by atoms with E-state index in [1.807, 2.05) is 0 Å². The monoisotopic (exact) mass is 436 g/mol. The van der Waals surface area contributed by atoms with Gasteiger partial charge in [0.25, 0.3) is 0 Å². The van der Waals surface area contributed by atoms with E-state index in [-0.39, 0.29) is 22.9 Å². The van der Waals surface area contributed by atoms with Crippen LogP contribution in [0.15, 0.2) is 60.8 Å². The molecule has 4 rings (SSSR count). The molecule has 3 heterocycles. The summed E-state index contributed by atoms with van der Waals surface area (Å²) in [5.74, 6) is 0.219. The van der Waals surface area contributed by atoms with Crippen LogP contribution < -0.4 is 5.32 Å². The highest BCUT2D eigenvalue weighted by atomic mass is 19.4. The van der Waals surface area contributed by atoms with Crippen LogP contribution in [-0.2, 0) is 12.4 Å². The number of fused-ring (bicyclic) bond motifs is 1. The van der Waals surface area contributed by atoms with Crippen molar-refractivity contribution in [3.63, 3.8) is 0 Å². The zero-order valence-electron chi connectivity index (χ0n) is 15.9. The third-order valence-electron chi connectivity index (χ3n) is 4.61. The van der Waals surface area contributed by atoms with Gasteiger partial charge in [0.15, 0.2) is 5.69 Å². The molecule has 0 aliphatic heterocycles.